The Bertz CT molecular complexity index is 1230. The fraction of sp³-hybridized carbons (Fsp3) is 0.120. The van der Waals surface area contributed by atoms with Gasteiger partial charge >= 0.3 is 0 Å². The largest absolute Gasteiger partial charge is 0.452 e. The van der Waals surface area contributed by atoms with Crippen LogP contribution in [0.3, 0.4) is 0 Å². The Morgan fingerprint density at radius 2 is 1.59 bits per heavy atom. The number of hydrogen-bond acceptors (Lipinski definition) is 3. The Hall–Kier alpha value is -3.66. The van der Waals surface area contributed by atoms with Crippen LogP contribution < -0.4 is 5.32 Å². The van der Waals surface area contributed by atoms with Crippen molar-refractivity contribution in [3.05, 3.63) is 100 Å². The summed E-state index contributed by atoms with van der Waals surface area (Å²) >= 11 is 0. The van der Waals surface area contributed by atoms with Gasteiger partial charge in [-0.3, -0.25) is 9.59 Å². The fourth-order valence-electron chi connectivity index (χ4n) is 3.38. The molecule has 0 aliphatic heterocycles. The minimum atomic E-state index is -0.167. The Kier molecular flexibility index (Phi) is 4.77. The molecule has 29 heavy (non-hydrogen) atoms. The summed E-state index contributed by atoms with van der Waals surface area (Å²) in [6.07, 6.45) is 0. The van der Waals surface area contributed by atoms with Crippen molar-refractivity contribution in [2.24, 2.45) is 0 Å². The van der Waals surface area contributed by atoms with Gasteiger partial charge in [-0.05, 0) is 50.6 Å². The average Bonchev–Trinajstić information content (AvgIpc) is 3.04. The molecule has 1 amide bonds. The monoisotopic (exact) mass is 383 g/mol. The van der Waals surface area contributed by atoms with Crippen LogP contribution in [-0.2, 0) is 0 Å². The van der Waals surface area contributed by atoms with Gasteiger partial charge in [0.15, 0.2) is 5.76 Å². The van der Waals surface area contributed by atoms with Gasteiger partial charge in [0.1, 0.15) is 5.58 Å². The van der Waals surface area contributed by atoms with Crippen LogP contribution in [0.2, 0.25) is 0 Å². The molecule has 0 aliphatic carbocycles. The SMILES string of the molecule is Cc1ccc(C(=O)c2oc3ccc(NC(=O)c4ccccc4C)cc3c2C)cc1. The zero-order valence-corrected chi connectivity index (χ0v) is 16.6. The Morgan fingerprint density at radius 1 is 0.862 bits per heavy atom. The number of ketones is 1. The molecule has 0 saturated heterocycles. The van der Waals surface area contributed by atoms with E-state index in [1.807, 2.05) is 57.2 Å². The van der Waals surface area contributed by atoms with Gasteiger partial charge in [-0.2, -0.15) is 0 Å². The lowest BCUT2D eigenvalue weighted by Crippen LogP contribution is -2.13. The van der Waals surface area contributed by atoms with Gasteiger partial charge in [-0.15, -0.1) is 0 Å². The van der Waals surface area contributed by atoms with Crippen LogP contribution in [0, 0.1) is 20.8 Å². The second-order valence-corrected chi connectivity index (χ2v) is 7.23. The summed E-state index contributed by atoms with van der Waals surface area (Å²) in [6, 6.07) is 20.3. The summed E-state index contributed by atoms with van der Waals surface area (Å²) in [5.41, 5.74) is 5.26. The molecule has 0 bridgehead atoms. The van der Waals surface area contributed by atoms with E-state index in [9.17, 15) is 9.59 Å². The summed E-state index contributed by atoms with van der Waals surface area (Å²) in [5, 5.41) is 3.74. The van der Waals surface area contributed by atoms with Crippen molar-refractivity contribution in [2.45, 2.75) is 20.8 Å². The maximum atomic E-state index is 12.9. The maximum absolute atomic E-state index is 12.9. The van der Waals surface area contributed by atoms with E-state index in [1.165, 1.54) is 0 Å². The molecule has 144 valence electrons. The molecule has 0 atom stereocenters. The minimum absolute atomic E-state index is 0.149. The van der Waals surface area contributed by atoms with E-state index in [-0.39, 0.29) is 11.7 Å². The van der Waals surface area contributed by atoms with Gasteiger partial charge in [0.2, 0.25) is 5.78 Å². The van der Waals surface area contributed by atoms with Gasteiger partial charge in [-0.1, -0.05) is 48.0 Å². The number of carbonyl (C=O) groups is 2. The smallest absolute Gasteiger partial charge is 0.255 e. The highest BCUT2D eigenvalue weighted by Gasteiger charge is 2.20. The molecule has 4 heteroatoms. The number of carbonyl (C=O) groups excluding carboxylic acids is 2. The van der Waals surface area contributed by atoms with E-state index in [4.69, 9.17) is 4.42 Å². The van der Waals surface area contributed by atoms with E-state index in [2.05, 4.69) is 5.32 Å². The lowest BCUT2D eigenvalue weighted by Gasteiger charge is -2.07. The number of aryl methyl sites for hydroxylation is 3. The minimum Gasteiger partial charge on any atom is -0.452 e. The third-order valence-electron chi connectivity index (χ3n) is 5.10. The van der Waals surface area contributed by atoms with Crippen molar-refractivity contribution >= 4 is 28.3 Å². The van der Waals surface area contributed by atoms with E-state index in [0.717, 1.165) is 22.1 Å². The molecule has 3 aromatic carbocycles. The molecule has 0 aliphatic rings. The predicted octanol–water partition coefficient (Wildman–Crippen LogP) is 5.84. The number of hydrogen-bond donors (Lipinski definition) is 1. The van der Waals surface area contributed by atoms with Gasteiger partial charge in [0.25, 0.3) is 5.91 Å². The van der Waals surface area contributed by atoms with Gasteiger partial charge < -0.3 is 9.73 Å². The Balaban J connectivity index is 1.65. The fourth-order valence-corrected chi connectivity index (χ4v) is 3.38. The standard InChI is InChI=1S/C25H21NO3/c1-15-8-10-18(11-9-15)23(27)24-17(3)21-14-19(12-13-22(21)29-24)26-25(28)20-7-5-4-6-16(20)2/h4-14H,1-3H3,(H,26,28). The number of benzene rings is 3. The van der Waals surface area contributed by atoms with E-state index < -0.39 is 0 Å². The highest BCUT2D eigenvalue weighted by molar-refractivity contribution is 6.11. The first-order valence-electron chi connectivity index (χ1n) is 9.45. The molecule has 4 nitrogen and oxygen atoms in total. The zero-order chi connectivity index (χ0) is 20.5. The van der Waals surface area contributed by atoms with Crippen molar-refractivity contribution in [1.29, 1.82) is 0 Å². The van der Waals surface area contributed by atoms with Crippen molar-refractivity contribution in [1.82, 2.24) is 0 Å². The molecule has 1 heterocycles. The molecule has 1 aromatic heterocycles. The quantitative estimate of drug-likeness (QED) is 0.450. The maximum Gasteiger partial charge on any atom is 0.255 e. The molecule has 0 spiro atoms. The molecule has 1 N–H and O–H groups in total. The van der Waals surface area contributed by atoms with Crippen LogP contribution in [-0.4, -0.2) is 11.7 Å². The molecular formula is C25H21NO3. The number of amides is 1. The molecule has 0 unspecified atom stereocenters. The van der Waals surface area contributed by atoms with Crippen molar-refractivity contribution in [3.63, 3.8) is 0 Å². The third kappa shape index (κ3) is 3.57. The van der Waals surface area contributed by atoms with Crippen LogP contribution in [0.25, 0.3) is 11.0 Å². The van der Waals surface area contributed by atoms with Gasteiger partial charge in [0.05, 0.1) is 0 Å². The second kappa shape index (κ2) is 7.40. The zero-order valence-electron chi connectivity index (χ0n) is 16.6. The first kappa shape index (κ1) is 18.7. The lowest BCUT2D eigenvalue weighted by molar-refractivity contribution is 0.101. The number of furan rings is 1. The summed E-state index contributed by atoms with van der Waals surface area (Å²) in [7, 11) is 0. The van der Waals surface area contributed by atoms with Crippen LogP contribution >= 0.6 is 0 Å². The van der Waals surface area contributed by atoms with Gasteiger partial charge in [-0.25, -0.2) is 0 Å². The topological polar surface area (TPSA) is 59.3 Å². The normalized spacial score (nSPS) is 10.9. The predicted molar refractivity (Wildman–Crippen MR) is 115 cm³/mol. The van der Waals surface area contributed by atoms with E-state index in [0.29, 0.717) is 28.2 Å². The van der Waals surface area contributed by atoms with E-state index in [1.54, 1.807) is 30.3 Å². The van der Waals surface area contributed by atoms with Crippen molar-refractivity contribution in [3.8, 4) is 0 Å². The summed E-state index contributed by atoms with van der Waals surface area (Å²) < 4.78 is 5.85. The molecule has 0 radical (unpaired) electrons. The Morgan fingerprint density at radius 3 is 2.31 bits per heavy atom. The molecule has 4 aromatic rings. The van der Waals surface area contributed by atoms with Crippen LogP contribution in [0.4, 0.5) is 5.69 Å². The number of fused-ring (bicyclic) bond motifs is 1. The summed E-state index contributed by atoms with van der Waals surface area (Å²) in [5.74, 6) is 0.00924. The number of nitrogens with one attached hydrogen (secondary N) is 1. The second-order valence-electron chi connectivity index (χ2n) is 7.23. The highest BCUT2D eigenvalue weighted by atomic mass is 16.3. The van der Waals surface area contributed by atoms with Crippen LogP contribution in [0.15, 0.2) is 71.1 Å². The number of anilines is 1. The molecule has 0 saturated carbocycles. The van der Waals surface area contributed by atoms with Crippen LogP contribution in [0.5, 0.6) is 0 Å². The average molecular weight is 383 g/mol. The van der Waals surface area contributed by atoms with E-state index >= 15 is 0 Å². The van der Waals surface area contributed by atoms with Crippen molar-refractivity contribution in [2.75, 3.05) is 5.32 Å². The lowest BCUT2D eigenvalue weighted by atomic mass is 10.0. The molecule has 4 rings (SSSR count). The third-order valence-corrected chi connectivity index (χ3v) is 5.10. The summed E-state index contributed by atoms with van der Waals surface area (Å²) in [4.78, 5) is 25.5. The summed E-state index contributed by atoms with van der Waals surface area (Å²) in [6.45, 7) is 5.74. The Labute approximate surface area is 169 Å². The first-order valence-corrected chi connectivity index (χ1v) is 9.45. The first-order chi connectivity index (χ1) is 13.9. The van der Waals surface area contributed by atoms with Crippen molar-refractivity contribution < 1.29 is 14.0 Å². The molecular weight excluding hydrogens is 362 g/mol. The van der Waals surface area contributed by atoms with Crippen LogP contribution in [0.1, 0.15) is 43.2 Å². The van der Waals surface area contributed by atoms with Gasteiger partial charge in [0, 0.05) is 27.8 Å². The number of rotatable bonds is 4. The highest BCUT2D eigenvalue weighted by Crippen LogP contribution is 2.29. The molecule has 0 fully saturated rings.